The van der Waals surface area contributed by atoms with Crippen LogP contribution in [0.1, 0.15) is 6.42 Å². The van der Waals surface area contributed by atoms with Crippen molar-refractivity contribution in [1.29, 1.82) is 0 Å². The van der Waals surface area contributed by atoms with Crippen molar-refractivity contribution in [2.75, 3.05) is 31.4 Å². The summed E-state index contributed by atoms with van der Waals surface area (Å²) in [5.74, 6) is 1.45. The number of benzene rings is 2. The topological polar surface area (TPSA) is 59.6 Å². The van der Waals surface area contributed by atoms with Crippen LogP contribution in [0.2, 0.25) is 0 Å². The van der Waals surface area contributed by atoms with Crippen LogP contribution in [0.3, 0.4) is 0 Å². The lowest BCUT2D eigenvalue weighted by Gasteiger charge is -2.09. The zero-order valence-electron chi connectivity index (χ0n) is 12.8. The minimum absolute atomic E-state index is 0.0522. The molecule has 0 heterocycles. The first kappa shape index (κ1) is 15.7. The predicted octanol–water partition coefficient (Wildman–Crippen LogP) is 3.14. The summed E-state index contributed by atoms with van der Waals surface area (Å²) in [6.45, 7) is 0.545. The van der Waals surface area contributed by atoms with E-state index in [-0.39, 0.29) is 5.91 Å². The molecule has 0 atom stereocenters. The van der Waals surface area contributed by atoms with Crippen LogP contribution in [0.5, 0.6) is 11.5 Å². The molecule has 2 rings (SSSR count). The van der Waals surface area contributed by atoms with Crippen LogP contribution in [0, 0.1) is 0 Å². The van der Waals surface area contributed by atoms with E-state index in [1.165, 1.54) is 0 Å². The Labute approximate surface area is 130 Å². The summed E-state index contributed by atoms with van der Waals surface area (Å²) in [5, 5.41) is 6.03. The molecular weight excluding hydrogens is 280 g/mol. The highest BCUT2D eigenvalue weighted by Crippen LogP contribution is 2.18. The first-order chi connectivity index (χ1) is 10.7. The molecule has 0 bridgehead atoms. The number of nitrogens with one attached hydrogen (secondary N) is 2. The number of amides is 1. The van der Waals surface area contributed by atoms with Gasteiger partial charge in [0.1, 0.15) is 11.5 Å². The molecule has 0 saturated carbocycles. The van der Waals surface area contributed by atoms with E-state index in [1.54, 1.807) is 20.3 Å². The van der Waals surface area contributed by atoms with Crippen molar-refractivity contribution in [3.8, 4) is 11.5 Å². The smallest absolute Gasteiger partial charge is 0.226 e. The summed E-state index contributed by atoms with van der Waals surface area (Å²) < 4.78 is 10.3. The van der Waals surface area contributed by atoms with Crippen LogP contribution in [0.15, 0.2) is 48.5 Å². The highest BCUT2D eigenvalue weighted by molar-refractivity contribution is 5.91. The van der Waals surface area contributed by atoms with Gasteiger partial charge in [-0.2, -0.15) is 0 Å². The Kier molecular flexibility index (Phi) is 5.65. The molecule has 0 aliphatic heterocycles. The van der Waals surface area contributed by atoms with Gasteiger partial charge in [-0.1, -0.05) is 12.1 Å². The van der Waals surface area contributed by atoms with Gasteiger partial charge in [0.2, 0.25) is 5.91 Å². The van der Waals surface area contributed by atoms with E-state index >= 15 is 0 Å². The predicted molar refractivity (Wildman–Crippen MR) is 87.7 cm³/mol. The van der Waals surface area contributed by atoms with Gasteiger partial charge in [-0.05, 0) is 24.3 Å². The van der Waals surface area contributed by atoms with E-state index in [0.29, 0.717) is 18.7 Å². The third-order valence-corrected chi connectivity index (χ3v) is 3.10. The molecule has 5 nitrogen and oxygen atoms in total. The molecule has 2 aromatic rings. The van der Waals surface area contributed by atoms with Gasteiger partial charge in [0.15, 0.2) is 0 Å². The molecule has 116 valence electrons. The van der Waals surface area contributed by atoms with Crippen molar-refractivity contribution in [2.24, 2.45) is 0 Å². The molecule has 0 aliphatic carbocycles. The van der Waals surface area contributed by atoms with Crippen LogP contribution in [-0.4, -0.2) is 26.7 Å². The fraction of sp³-hybridized carbons (Fsp3) is 0.235. The van der Waals surface area contributed by atoms with Crippen LogP contribution in [0.4, 0.5) is 11.4 Å². The fourth-order valence-electron chi connectivity index (χ4n) is 1.98. The van der Waals surface area contributed by atoms with Crippen LogP contribution >= 0.6 is 0 Å². The van der Waals surface area contributed by atoms with Crippen molar-refractivity contribution in [2.45, 2.75) is 6.42 Å². The van der Waals surface area contributed by atoms with Crippen LogP contribution in [0.25, 0.3) is 0 Å². The monoisotopic (exact) mass is 300 g/mol. The zero-order chi connectivity index (χ0) is 15.8. The molecular formula is C17H20N2O3. The Morgan fingerprint density at radius 3 is 2.18 bits per heavy atom. The van der Waals surface area contributed by atoms with E-state index in [9.17, 15) is 4.79 Å². The fourth-order valence-corrected chi connectivity index (χ4v) is 1.98. The molecule has 0 unspecified atom stereocenters. The standard InChI is InChI=1S/C17H20N2O3/c1-21-15-7-3-5-13(11-15)18-10-9-17(20)19-14-6-4-8-16(12-14)22-2/h3-8,11-12,18H,9-10H2,1-2H3,(H,19,20). The molecule has 0 fully saturated rings. The largest absolute Gasteiger partial charge is 0.497 e. The number of methoxy groups -OCH3 is 2. The summed E-state index contributed by atoms with van der Waals surface area (Å²) in [6.07, 6.45) is 0.369. The van der Waals surface area contributed by atoms with Crippen molar-refractivity contribution in [3.05, 3.63) is 48.5 Å². The second-order valence-corrected chi connectivity index (χ2v) is 4.69. The number of rotatable bonds is 7. The Morgan fingerprint density at radius 2 is 1.55 bits per heavy atom. The summed E-state index contributed by atoms with van der Waals surface area (Å²) in [5.41, 5.74) is 1.65. The van der Waals surface area contributed by atoms with Crippen molar-refractivity contribution in [3.63, 3.8) is 0 Å². The van der Waals surface area contributed by atoms with Crippen LogP contribution < -0.4 is 20.1 Å². The molecule has 0 radical (unpaired) electrons. The second-order valence-electron chi connectivity index (χ2n) is 4.69. The maximum atomic E-state index is 11.9. The van der Waals surface area contributed by atoms with Crippen molar-refractivity contribution < 1.29 is 14.3 Å². The SMILES string of the molecule is COc1cccc(NCCC(=O)Nc2cccc(OC)c2)c1. The van der Waals surface area contributed by atoms with E-state index in [4.69, 9.17) is 9.47 Å². The van der Waals surface area contributed by atoms with Gasteiger partial charge in [-0.25, -0.2) is 0 Å². The number of anilines is 2. The highest BCUT2D eigenvalue weighted by Gasteiger charge is 2.03. The average Bonchev–Trinajstić information content (AvgIpc) is 2.55. The summed E-state index contributed by atoms with van der Waals surface area (Å²) in [7, 11) is 3.22. The third kappa shape index (κ3) is 4.70. The lowest BCUT2D eigenvalue weighted by atomic mass is 10.2. The van der Waals surface area contributed by atoms with Gasteiger partial charge in [-0.15, -0.1) is 0 Å². The van der Waals surface area contributed by atoms with E-state index < -0.39 is 0 Å². The summed E-state index contributed by atoms with van der Waals surface area (Å²) in [4.78, 5) is 11.9. The minimum atomic E-state index is -0.0522. The molecule has 1 amide bonds. The Hall–Kier alpha value is -2.69. The van der Waals surface area contributed by atoms with Gasteiger partial charge in [0.05, 0.1) is 14.2 Å². The van der Waals surface area contributed by atoms with Gasteiger partial charge >= 0.3 is 0 Å². The molecule has 5 heteroatoms. The first-order valence-corrected chi connectivity index (χ1v) is 7.03. The lowest BCUT2D eigenvalue weighted by Crippen LogP contribution is -2.16. The minimum Gasteiger partial charge on any atom is -0.497 e. The van der Waals surface area contributed by atoms with E-state index in [2.05, 4.69) is 10.6 Å². The zero-order valence-corrected chi connectivity index (χ0v) is 12.8. The van der Waals surface area contributed by atoms with Gasteiger partial charge in [0.25, 0.3) is 0 Å². The molecule has 2 aromatic carbocycles. The molecule has 0 saturated heterocycles. The summed E-state index contributed by atoms with van der Waals surface area (Å²) >= 11 is 0. The Bertz CT molecular complexity index is 629. The third-order valence-electron chi connectivity index (χ3n) is 3.10. The number of hydrogen-bond donors (Lipinski definition) is 2. The first-order valence-electron chi connectivity index (χ1n) is 7.03. The van der Waals surface area contributed by atoms with Crippen molar-refractivity contribution in [1.82, 2.24) is 0 Å². The van der Waals surface area contributed by atoms with Crippen LogP contribution in [-0.2, 0) is 4.79 Å². The number of carbonyl (C=O) groups excluding carboxylic acids is 1. The van der Waals surface area contributed by atoms with Gasteiger partial charge < -0.3 is 20.1 Å². The van der Waals surface area contributed by atoms with Gasteiger partial charge in [-0.3, -0.25) is 4.79 Å². The van der Waals surface area contributed by atoms with Crippen molar-refractivity contribution >= 4 is 17.3 Å². The average molecular weight is 300 g/mol. The molecule has 0 spiro atoms. The molecule has 0 aromatic heterocycles. The lowest BCUT2D eigenvalue weighted by molar-refractivity contribution is -0.115. The molecule has 2 N–H and O–H groups in total. The normalized spacial score (nSPS) is 9.91. The highest BCUT2D eigenvalue weighted by atomic mass is 16.5. The quantitative estimate of drug-likeness (QED) is 0.824. The Balaban J connectivity index is 1.79. The van der Waals surface area contributed by atoms with E-state index in [0.717, 1.165) is 17.1 Å². The molecule has 0 aliphatic rings. The second kappa shape index (κ2) is 7.93. The van der Waals surface area contributed by atoms with Gasteiger partial charge in [0, 0.05) is 36.5 Å². The maximum absolute atomic E-state index is 11.9. The number of hydrogen-bond acceptors (Lipinski definition) is 4. The number of ether oxygens (including phenoxy) is 2. The maximum Gasteiger partial charge on any atom is 0.226 e. The Morgan fingerprint density at radius 1 is 0.955 bits per heavy atom. The molecule has 22 heavy (non-hydrogen) atoms. The summed E-state index contributed by atoms with van der Waals surface area (Å²) in [6, 6.07) is 14.9. The number of carbonyl (C=O) groups is 1. The van der Waals surface area contributed by atoms with E-state index in [1.807, 2.05) is 42.5 Å².